The van der Waals surface area contributed by atoms with Gasteiger partial charge in [0, 0.05) is 0 Å². The molecule has 0 saturated carbocycles. The van der Waals surface area contributed by atoms with E-state index >= 15 is 0 Å². The minimum Gasteiger partial charge on any atom is -0.465 e. The first-order valence-corrected chi connectivity index (χ1v) is 6.58. The summed E-state index contributed by atoms with van der Waals surface area (Å²) in [5, 5.41) is 11.9. The summed E-state index contributed by atoms with van der Waals surface area (Å²) in [6.07, 6.45) is 1.68. The molecular weight excluding hydrogens is 256 g/mol. The lowest BCUT2D eigenvalue weighted by Crippen LogP contribution is -2.25. The van der Waals surface area contributed by atoms with Crippen molar-refractivity contribution < 1.29 is 19.1 Å². The SMILES string of the molecule is CCOC(=O)CN/C(SC)=C(/C#N)C(=O)OCC. The van der Waals surface area contributed by atoms with Crippen molar-refractivity contribution in [1.82, 2.24) is 5.32 Å². The highest BCUT2D eigenvalue weighted by molar-refractivity contribution is 8.02. The molecule has 0 aromatic carbocycles. The number of nitrogens with one attached hydrogen (secondary N) is 1. The first-order chi connectivity index (χ1) is 8.60. The second-order valence-corrected chi connectivity index (χ2v) is 3.72. The van der Waals surface area contributed by atoms with Gasteiger partial charge in [0.15, 0.2) is 5.57 Å². The summed E-state index contributed by atoms with van der Waals surface area (Å²) in [5.41, 5.74) is -0.145. The number of carbonyl (C=O) groups is 2. The van der Waals surface area contributed by atoms with Crippen LogP contribution in [0, 0.1) is 11.3 Å². The maximum absolute atomic E-state index is 11.5. The Morgan fingerprint density at radius 2 is 1.89 bits per heavy atom. The zero-order valence-electron chi connectivity index (χ0n) is 10.6. The standard InChI is InChI=1S/C11H16N2O4S/c1-4-16-9(14)7-13-10(18-3)8(6-12)11(15)17-5-2/h13H,4-5,7H2,1-3H3/b10-8+. The van der Waals surface area contributed by atoms with E-state index in [1.54, 1.807) is 26.2 Å². The molecule has 0 aliphatic heterocycles. The van der Waals surface area contributed by atoms with Gasteiger partial charge in [-0.15, -0.1) is 11.8 Å². The van der Waals surface area contributed by atoms with Crippen LogP contribution in [0.4, 0.5) is 0 Å². The van der Waals surface area contributed by atoms with Crippen LogP contribution in [0.1, 0.15) is 13.8 Å². The van der Waals surface area contributed by atoms with Gasteiger partial charge in [0.05, 0.1) is 18.2 Å². The van der Waals surface area contributed by atoms with Crippen molar-refractivity contribution in [2.24, 2.45) is 0 Å². The number of nitrogens with zero attached hydrogens (tertiary/aromatic N) is 1. The summed E-state index contributed by atoms with van der Waals surface area (Å²) >= 11 is 1.15. The molecule has 0 aliphatic rings. The first kappa shape index (κ1) is 16.3. The van der Waals surface area contributed by atoms with Crippen molar-refractivity contribution in [2.45, 2.75) is 13.8 Å². The molecule has 0 radical (unpaired) electrons. The Morgan fingerprint density at radius 3 is 2.33 bits per heavy atom. The minimum absolute atomic E-state index is 0.103. The normalized spacial score (nSPS) is 11.0. The molecule has 7 heteroatoms. The van der Waals surface area contributed by atoms with Crippen LogP contribution < -0.4 is 5.32 Å². The fraction of sp³-hybridized carbons (Fsp3) is 0.545. The predicted octanol–water partition coefficient (Wildman–Crippen LogP) is 0.800. The largest absolute Gasteiger partial charge is 0.465 e. The lowest BCUT2D eigenvalue weighted by atomic mass is 10.3. The van der Waals surface area contributed by atoms with E-state index in [2.05, 4.69) is 5.32 Å². The molecule has 0 aliphatic carbocycles. The zero-order valence-corrected chi connectivity index (χ0v) is 11.4. The van der Waals surface area contributed by atoms with Gasteiger partial charge in [0.25, 0.3) is 0 Å². The third-order valence-corrected chi connectivity index (χ3v) is 2.48. The van der Waals surface area contributed by atoms with Gasteiger partial charge in [-0.25, -0.2) is 4.79 Å². The lowest BCUT2D eigenvalue weighted by molar-refractivity contribution is -0.142. The number of carbonyl (C=O) groups excluding carboxylic acids is 2. The average Bonchev–Trinajstić information content (AvgIpc) is 2.34. The van der Waals surface area contributed by atoms with Crippen molar-refractivity contribution in [3.63, 3.8) is 0 Å². The van der Waals surface area contributed by atoms with Gasteiger partial charge in [-0.2, -0.15) is 5.26 Å². The van der Waals surface area contributed by atoms with E-state index in [1.165, 1.54) is 0 Å². The smallest absolute Gasteiger partial charge is 0.351 e. The third kappa shape index (κ3) is 5.59. The van der Waals surface area contributed by atoms with Gasteiger partial charge in [-0.3, -0.25) is 4.79 Å². The second-order valence-electron chi connectivity index (χ2n) is 2.90. The van der Waals surface area contributed by atoms with E-state index in [-0.39, 0.29) is 25.3 Å². The summed E-state index contributed by atoms with van der Waals surface area (Å²) < 4.78 is 9.47. The van der Waals surface area contributed by atoms with E-state index in [4.69, 9.17) is 14.7 Å². The topological polar surface area (TPSA) is 88.4 Å². The summed E-state index contributed by atoms with van der Waals surface area (Å²) in [6.45, 7) is 3.71. The molecule has 0 saturated heterocycles. The van der Waals surface area contributed by atoms with Crippen LogP contribution in [-0.4, -0.2) is 38.0 Å². The van der Waals surface area contributed by atoms with Gasteiger partial charge in [0.2, 0.25) is 0 Å². The molecule has 100 valence electrons. The molecule has 0 aromatic heterocycles. The summed E-state index contributed by atoms with van der Waals surface area (Å²) in [6, 6.07) is 1.76. The highest BCUT2D eigenvalue weighted by Crippen LogP contribution is 2.14. The van der Waals surface area contributed by atoms with Gasteiger partial charge in [-0.1, -0.05) is 0 Å². The molecule has 0 atom stereocenters. The van der Waals surface area contributed by atoms with Crippen LogP contribution in [0.5, 0.6) is 0 Å². The van der Waals surface area contributed by atoms with Crippen LogP contribution in [0.2, 0.25) is 0 Å². The number of ether oxygens (including phenoxy) is 2. The second kappa shape index (κ2) is 9.36. The van der Waals surface area contributed by atoms with Crippen LogP contribution in [0.15, 0.2) is 10.6 Å². The number of hydrogen-bond donors (Lipinski definition) is 1. The summed E-state index contributed by atoms with van der Waals surface area (Å²) in [7, 11) is 0. The number of hydrogen-bond acceptors (Lipinski definition) is 7. The highest BCUT2D eigenvalue weighted by atomic mass is 32.2. The number of thioether (sulfide) groups is 1. The number of rotatable bonds is 7. The zero-order chi connectivity index (χ0) is 14.0. The lowest BCUT2D eigenvalue weighted by Gasteiger charge is -2.10. The Kier molecular flexibility index (Phi) is 8.49. The average molecular weight is 272 g/mol. The van der Waals surface area contributed by atoms with Crippen LogP contribution >= 0.6 is 11.8 Å². The Bertz CT molecular complexity index is 374. The fourth-order valence-corrected chi connectivity index (χ4v) is 1.57. The molecule has 0 aromatic rings. The van der Waals surface area contributed by atoms with Crippen molar-refractivity contribution in [2.75, 3.05) is 26.0 Å². The van der Waals surface area contributed by atoms with Crippen LogP contribution in [0.25, 0.3) is 0 Å². The van der Waals surface area contributed by atoms with Crippen molar-refractivity contribution in [3.05, 3.63) is 10.6 Å². The van der Waals surface area contributed by atoms with Gasteiger partial charge in [-0.05, 0) is 20.1 Å². The van der Waals surface area contributed by atoms with E-state index < -0.39 is 11.9 Å². The Labute approximate surface area is 110 Å². The molecule has 18 heavy (non-hydrogen) atoms. The molecule has 1 N–H and O–H groups in total. The van der Waals surface area contributed by atoms with Crippen molar-refractivity contribution in [1.29, 1.82) is 5.26 Å². The maximum atomic E-state index is 11.5. The van der Waals surface area contributed by atoms with E-state index in [1.807, 2.05) is 0 Å². The van der Waals surface area contributed by atoms with Crippen molar-refractivity contribution in [3.8, 4) is 6.07 Å². The molecule has 0 unspecified atom stereocenters. The van der Waals surface area contributed by atoms with Gasteiger partial charge < -0.3 is 14.8 Å². The summed E-state index contributed by atoms with van der Waals surface area (Å²) in [4.78, 5) is 22.6. The molecular formula is C11H16N2O4S. The van der Waals surface area contributed by atoms with E-state index in [0.717, 1.165) is 11.8 Å². The molecule has 0 rings (SSSR count). The molecule has 0 spiro atoms. The Hall–Kier alpha value is -1.68. The molecule has 0 bridgehead atoms. The quantitative estimate of drug-likeness (QED) is 0.416. The molecule has 0 fully saturated rings. The Morgan fingerprint density at radius 1 is 1.28 bits per heavy atom. The number of esters is 2. The van der Waals surface area contributed by atoms with Gasteiger partial charge in [0.1, 0.15) is 12.6 Å². The molecule has 0 amide bonds. The maximum Gasteiger partial charge on any atom is 0.351 e. The molecule has 6 nitrogen and oxygen atoms in total. The van der Waals surface area contributed by atoms with Crippen LogP contribution in [0.3, 0.4) is 0 Å². The van der Waals surface area contributed by atoms with Gasteiger partial charge >= 0.3 is 11.9 Å². The highest BCUT2D eigenvalue weighted by Gasteiger charge is 2.16. The minimum atomic E-state index is -0.708. The Balaban J connectivity index is 4.74. The first-order valence-electron chi connectivity index (χ1n) is 5.35. The molecule has 0 heterocycles. The monoisotopic (exact) mass is 272 g/mol. The fourth-order valence-electron chi connectivity index (χ4n) is 1.02. The third-order valence-electron chi connectivity index (χ3n) is 1.72. The van der Waals surface area contributed by atoms with E-state index in [9.17, 15) is 9.59 Å². The van der Waals surface area contributed by atoms with Crippen molar-refractivity contribution >= 4 is 23.7 Å². The van der Waals surface area contributed by atoms with E-state index in [0.29, 0.717) is 5.03 Å². The predicted molar refractivity (Wildman–Crippen MR) is 67.4 cm³/mol. The van der Waals surface area contributed by atoms with Crippen LogP contribution in [-0.2, 0) is 19.1 Å². The number of nitriles is 1. The summed E-state index contributed by atoms with van der Waals surface area (Å²) in [5.74, 6) is -1.16.